The highest BCUT2D eigenvalue weighted by Gasteiger charge is 2.60. The van der Waals surface area contributed by atoms with Crippen LogP contribution in [0.4, 0.5) is 0 Å². The topological polar surface area (TPSA) is 188 Å². The summed E-state index contributed by atoms with van der Waals surface area (Å²) in [4.78, 5) is 27.7. The van der Waals surface area contributed by atoms with Gasteiger partial charge in [-0.3, -0.25) is 4.79 Å². The van der Waals surface area contributed by atoms with Crippen LogP contribution < -0.4 is 10.6 Å². The van der Waals surface area contributed by atoms with E-state index < -0.39 is 72.1 Å². The number of nitrogens with one attached hydrogen (secondary N) is 1. The van der Waals surface area contributed by atoms with Gasteiger partial charge in [-0.1, -0.05) is 25.0 Å². The van der Waals surface area contributed by atoms with Crippen molar-refractivity contribution in [3.05, 3.63) is 47.1 Å². The molecule has 0 unspecified atom stereocenters. The Balaban J connectivity index is 1.51. The Labute approximate surface area is 242 Å². The van der Waals surface area contributed by atoms with E-state index in [1.165, 1.54) is 7.11 Å². The Kier molecular flexibility index (Phi) is 8.66. The largest absolute Gasteiger partial charge is 0.481 e. The number of esters is 1. The van der Waals surface area contributed by atoms with Crippen molar-refractivity contribution in [1.82, 2.24) is 4.98 Å². The van der Waals surface area contributed by atoms with E-state index in [1.807, 2.05) is 0 Å². The number of aromatic amines is 1. The van der Waals surface area contributed by atoms with Gasteiger partial charge in [-0.05, 0) is 25.0 Å². The fourth-order valence-corrected chi connectivity index (χ4v) is 7.30. The molecule has 4 aliphatic rings. The van der Waals surface area contributed by atoms with Gasteiger partial charge in [0.05, 0.1) is 38.2 Å². The summed E-state index contributed by atoms with van der Waals surface area (Å²) < 4.78 is 23.9. The minimum Gasteiger partial charge on any atom is -0.481 e. The molecule has 6 N–H and O–H groups in total. The van der Waals surface area contributed by atoms with Gasteiger partial charge in [0.2, 0.25) is 0 Å². The lowest BCUT2D eigenvalue weighted by atomic mass is 9.62. The van der Waals surface area contributed by atoms with E-state index in [-0.39, 0.29) is 25.0 Å². The van der Waals surface area contributed by atoms with Crippen LogP contribution in [-0.2, 0) is 28.5 Å². The molecule has 1 aromatic rings. The monoisotopic (exact) mass is 589 g/mol. The Bertz CT molecular complexity index is 1340. The van der Waals surface area contributed by atoms with Crippen LogP contribution in [0, 0.1) is 17.3 Å². The van der Waals surface area contributed by atoms with Gasteiger partial charge in [0.15, 0.2) is 11.9 Å². The summed E-state index contributed by atoms with van der Waals surface area (Å²) in [7, 11) is 1.25. The molecule has 3 heterocycles. The zero-order valence-corrected chi connectivity index (χ0v) is 23.5. The molecule has 2 fully saturated rings. The molecule has 0 radical (unpaired) electrons. The fourth-order valence-electron chi connectivity index (χ4n) is 7.30. The molecule has 42 heavy (non-hydrogen) atoms. The van der Waals surface area contributed by atoms with Gasteiger partial charge in [-0.15, -0.1) is 6.58 Å². The van der Waals surface area contributed by atoms with Crippen molar-refractivity contribution in [3.8, 4) is 0 Å². The number of aliphatic hydroxyl groups excluding tert-OH is 4. The van der Waals surface area contributed by atoms with E-state index in [1.54, 1.807) is 30.5 Å². The minimum atomic E-state index is -1.69. The van der Waals surface area contributed by atoms with Gasteiger partial charge in [0, 0.05) is 40.7 Å². The van der Waals surface area contributed by atoms with Gasteiger partial charge in [-0.25, -0.2) is 4.79 Å². The molecule has 0 amide bonds. The second-order valence-corrected chi connectivity index (χ2v) is 11.5. The van der Waals surface area contributed by atoms with Gasteiger partial charge in [-0.2, -0.15) is 0 Å². The highest BCUT2D eigenvalue weighted by atomic mass is 16.7. The first kappa shape index (κ1) is 30.5. The number of hydrogen-bond donors (Lipinski definition) is 6. The number of carbonyl (C=O) groups excluding carboxylic acids is 1. The maximum atomic E-state index is 12.8. The normalized spacial score (nSPS) is 35.2. The molecule has 5 rings (SSSR count). The highest BCUT2D eigenvalue weighted by Crippen LogP contribution is 2.54. The number of carboxylic acids is 1. The standard InChI is InChI=1S/C30H39NO11/c1-3-17-18(12-22(34)35)19(27(38)39-2)14-29(8-4-5-9-29)26(17)41-28-24(36)25(37)30(21(15-33)40-28)13-16-6-10-31-23(16)20(42-30)7-11-32/h3,6,10,13-14,17-18,21,24-26,28,31-33,36-37H,1,4-5,7-9,11-12,15H2,2H3,(H,34,35)/t17-,18+,21-,24-,25-,26+,28+,30-/m1/s1. The average molecular weight is 590 g/mol. The molecule has 2 aliphatic heterocycles. The number of aliphatic carboxylic acids is 1. The van der Waals surface area contributed by atoms with E-state index in [0.29, 0.717) is 29.2 Å². The van der Waals surface area contributed by atoms with Crippen LogP contribution in [0.1, 0.15) is 38.5 Å². The van der Waals surface area contributed by atoms with Gasteiger partial charge < -0.3 is 49.5 Å². The van der Waals surface area contributed by atoms with E-state index >= 15 is 0 Å². The van der Waals surface area contributed by atoms with E-state index in [0.717, 1.165) is 12.8 Å². The number of hydrogen-bond acceptors (Lipinski definition) is 10. The molecule has 230 valence electrons. The summed E-state index contributed by atoms with van der Waals surface area (Å²) in [6.45, 7) is 3.11. The molecule has 0 bridgehead atoms. The first-order valence-corrected chi connectivity index (χ1v) is 14.3. The first-order valence-electron chi connectivity index (χ1n) is 14.3. The number of aliphatic hydroxyl groups is 4. The molecule has 2 spiro atoms. The van der Waals surface area contributed by atoms with Crippen molar-refractivity contribution in [2.24, 2.45) is 17.3 Å². The third-order valence-electron chi connectivity index (χ3n) is 9.24. The minimum absolute atomic E-state index is 0.120. The number of ether oxygens (including phenoxy) is 4. The van der Waals surface area contributed by atoms with Gasteiger partial charge in [0.1, 0.15) is 24.1 Å². The van der Waals surface area contributed by atoms with Crippen LogP contribution in [0.3, 0.4) is 0 Å². The lowest BCUT2D eigenvalue weighted by Crippen LogP contribution is -2.69. The number of carboxylic acid groups (broad SMARTS) is 1. The summed E-state index contributed by atoms with van der Waals surface area (Å²) in [6, 6.07) is 1.75. The first-order chi connectivity index (χ1) is 20.1. The van der Waals surface area contributed by atoms with E-state index in [9.17, 15) is 35.1 Å². The number of aromatic nitrogens is 1. The third-order valence-corrected chi connectivity index (χ3v) is 9.24. The Hall–Kier alpha value is -3.00. The molecule has 2 aliphatic carbocycles. The predicted octanol–water partition coefficient (Wildman–Crippen LogP) is -0.554. The lowest BCUT2D eigenvalue weighted by Gasteiger charge is -2.53. The van der Waals surface area contributed by atoms with Gasteiger partial charge >= 0.3 is 11.9 Å². The fraction of sp³-hybridized carbons (Fsp3) is 0.600. The molecular weight excluding hydrogens is 550 g/mol. The second-order valence-electron chi connectivity index (χ2n) is 11.5. The summed E-state index contributed by atoms with van der Waals surface area (Å²) in [5.74, 6) is -2.87. The average Bonchev–Trinajstić information content (AvgIpc) is 3.65. The summed E-state index contributed by atoms with van der Waals surface area (Å²) >= 11 is 0. The summed E-state index contributed by atoms with van der Waals surface area (Å²) in [5, 5.41) is 54.0. The van der Waals surface area contributed by atoms with Crippen LogP contribution in [0.25, 0.3) is 11.8 Å². The molecule has 8 atom stereocenters. The zero-order chi connectivity index (χ0) is 30.2. The Morgan fingerprint density at radius 1 is 1.21 bits per heavy atom. The third kappa shape index (κ3) is 4.99. The van der Waals surface area contributed by atoms with Crippen LogP contribution >= 0.6 is 0 Å². The molecule has 1 saturated carbocycles. The van der Waals surface area contributed by atoms with Gasteiger partial charge in [0.25, 0.3) is 0 Å². The number of carbonyl (C=O) groups is 2. The quantitative estimate of drug-likeness (QED) is 0.160. The summed E-state index contributed by atoms with van der Waals surface area (Å²) in [6.07, 6.45) is 2.63. The molecule has 1 saturated heterocycles. The number of rotatable bonds is 9. The van der Waals surface area contributed by atoms with Crippen molar-refractivity contribution < 1.29 is 54.1 Å². The number of fused-ring (bicyclic) bond motifs is 1. The Morgan fingerprint density at radius 3 is 2.57 bits per heavy atom. The lowest BCUT2D eigenvalue weighted by molar-refractivity contribution is -0.335. The molecule has 1 aromatic heterocycles. The number of H-pyrrole nitrogens is 1. The smallest absolute Gasteiger partial charge is 0.333 e. The number of methoxy groups -OCH3 is 1. The maximum Gasteiger partial charge on any atom is 0.333 e. The highest BCUT2D eigenvalue weighted by molar-refractivity contribution is 5.90. The maximum absolute atomic E-state index is 12.8. The van der Waals surface area contributed by atoms with E-state index in [4.69, 9.17) is 18.9 Å². The molecular formula is C30H39NO11. The van der Waals surface area contributed by atoms with E-state index in [2.05, 4.69) is 11.6 Å². The van der Waals surface area contributed by atoms with Crippen LogP contribution in [-0.4, -0.2) is 99.1 Å². The zero-order valence-electron chi connectivity index (χ0n) is 23.5. The molecule has 12 heteroatoms. The molecule has 12 nitrogen and oxygen atoms in total. The van der Waals surface area contributed by atoms with Crippen LogP contribution in [0.2, 0.25) is 0 Å². The second kappa shape index (κ2) is 11.9. The Morgan fingerprint density at radius 2 is 1.95 bits per heavy atom. The van der Waals surface area contributed by atoms with Crippen LogP contribution in [0.5, 0.6) is 0 Å². The van der Waals surface area contributed by atoms with Crippen molar-refractivity contribution in [3.63, 3.8) is 0 Å². The van der Waals surface area contributed by atoms with Crippen molar-refractivity contribution in [2.45, 2.75) is 74.8 Å². The van der Waals surface area contributed by atoms with Crippen molar-refractivity contribution in [2.75, 3.05) is 20.3 Å². The van der Waals surface area contributed by atoms with Crippen molar-refractivity contribution >= 4 is 23.8 Å². The predicted molar refractivity (Wildman–Crippen MR) is 146 cm³/mol. The van der Waals surface area contributed by atoms with Crippen LogP contribution in [0.15, 0.2) is 36.6 Å². The SMILES string of the molecule is C=C[C@@H]1[C@H](CC(=O)O)C(C(=O)OC)=CC2(CCCC2)[C@H]1O[C@@H]1O[C@H](CO)[C@]2(C=c3cc[nH]c3=C(CCO)O2)[C@H](O)[C@H]1O. The van der Waals surface area contributed by atoms with Crippen molar-refractivity contribution in [1.29, 1.82) is 0 Å². The summed E-state index contributed by atoms with van der Waals surface area (Å²) in [5.41, 5.74) is -2.14. The molecule has 0 aromatic carbocycles.